The van der Waals surface area contributed by atoms with Crippen molar-refractivity contribution >= 4 is 23.5 Å². The minimum atomic E-state index is -1.13. The summed E-state index contributed by atoms with van der Waals surface area (Å²) in [6.07, 6.45) is 2.70. The summed E-state index contributed by atoms with van der Waals surface area (Å²) >= 11 is 6.21. The maximum absolute atomic E-state index is 12.4. The molecule has 1 aromatic carbocycles. The number of rotatable bonds is 4. The van der Waals surface area contributed by atoms with Crippen LogP contribution in [0.15, 0.2) is 30.3 Å². The number of carboxylic acids is 1. The molecule has 0 atom stereocenters. The van der Waals surface area contributed by atoms with Gasteiger partial charge >= 0.3 is 5.97 Å². The van der Waals surface area contributed by atoms with Crippen molar-refractivity contribution in [3.8, 4) is 0 Å². The number of halogens is 1. The fourth-order valence-corrected chi connectivity index (χ4v) is 3.23. The molecular formula is C17H18ClN3O3. The minimum Gasteiger partial charge on any atom is -0.477 e. The van der Waals surface area contributed by atoms with Crippen molar-refractivity contribution in [2.24, 2.45) is 5.92 Å². The summed E-state index contributed by atoms with van der Waals surface area (Å²) in [6.45, 7) is 1.28. The lowest BCUT2D eigenvalue weighted by molar-refractivity contribution is 0.0681. The summed E-state index contributed by atoms with van der Waals surface area (Å²) in [7, 11) is 0. The lowest BCUT2D eigenvalue weighted by Gasteiger charge is -2.31. The number of H-pyrrole nitrogens is 1. The Morgan fingerprint density at radius 2 is 2.00 bits per heavy atom. The van der Waals surface area contributed by atoms with Crippen LogP contribution >= 0.6 is 11.6 Å². The molecule has 0 spiro atoms. The topological polar surface area (TPSA) is 86.3 Å². The highest BCUT2D eigenvalue weighted by atomic mass is 35.5. The van der Waals surface area contributed by atoms with Gasteiger partial charge in [-0.3, -0.25) is 9.89 Å². The molecule has 7 heteroatoms. The van der Waals surface area contributed by atoms with Gasteiger partial charge in [0, 0.05) is 24.2 Å². The van der Waals surface area contributed by atoms with Crippen LogP contribution in [0.4, 0.5) is 0 Å². The van der Waals surface area contributed by atoms with Crippen molar-refractivity contribution in [3.05, 3.63) is 52.3 Å². The van der Waals surface area contributed by atoms with Crippen molar-refractivity contribution in [1.29, 1.82) is 0 Å². The fourth-order valence-electron chi connectivity index (χ4n) is 3.02. The first-order valence-corrected chi connectivity index (χ1v) is 8.24. The Morgan fingerprint density at radius 3 is 2.62 bits per heavy atom. The highest BCUT2D eigenvalue weighted by Crippen LogP contribution is 2.26. The van der Waals surface area contributed by atoms with Crippen LogP contribution in [0.1, 0.15) is 39.4 Å². The smallest absolute Gasteiger partial charge is 0.353 e. The quantitative estimate of drug-likeness (QED) is 0.890. The van der Waals surface area contributed by atoms with E-state index in [2.05, 4.69) is 10.2 Å². The average molecular weight is 348 g/mol. The van der Waals surface area contributed by atoms with Crippen LogP contribution in [-0.2, 0) is 6.42 Å². The molecule has 1 amide bonds. The number of carbonyl (C=O) groups excluding carboxylic acids is 1. The number of aromatic nitrogens is 2. The van der Waals surface area contributed by atoms with Crippen molar-refractivity contribution < 1.29 is 14.7 Å². The highest BCUT2D eigenvalue weighted by Gasteiger charge is 2.26. The number of amides is 1. The number of aromatic amines is 1. The lowest BCUT2D eigenvalue weighted by atomic mass is 9.90. The SMILES string of the molecule is O=C(O)c1cc(C(=O)N2CCC(Cc3ccccc3Cl)CC2)n[nH]1. The Morgan fingerprint density at radius 1 is 1.29 bits per heavy atom. The highest BCUT2D eigenvalue weighted by molar-refractivity contribution is 6.31. The molecule has 1 aliphatic rings. The van der Waals surface area contributed by atoms with E-state index in [0.717, 1.165) is 29.8 Å². The predicted molar refractivity (Wildman–Crippen MR) is 89.3 cm³/mol. The summed E-state index contributed by atoms with van der Waals surface area (Å²) < 4.78 is 0. The number of nitrogens with zero attached hydrogens (tertiary/aromatic N) is 2. The molecule has 2 aromatic rings. The third-order valence-corrected chi connectivity index (χ3v) is 4.76. The Balaban J connectivity index is 1.57. The summed E-state index contributed by atoms with van der Waals surface area (Å²) in [6, 6.07) is 9.12. The first-order chi connectivity index (χ1) is 11.5. The van der Waals surface area contributed by atoms with Crippen LogP contribution in [0, 0.1) is 5.92 Å². The van der Waals surface area contributed by atoms with Gasteiger partial charge in [0.1, 0.15) is 5.69 Å². The van der Waals surface area contributed by atoms with E-state index < -0.39 is 5.97 Å². The summed E-state index contributed by atoms with van der Waals surface area (Å²) in [4.78, 5) is 25.0. The van der Waals surface area contributed by atoms with E-state index in [1.54, 1.807) is 4.90 Å². The molecule has 2 N–H and O–H groups in total. The zero-order valence-corrected chi connectivity index (χ0v) is 13.8. The van der Waals surface area contributed by atoms with Crippen LogP contribution in [0.2, 0.25) is 5.02 Å². The molecule has 1 saturated heterocycles. The van der Waals surface area contributed by atoms with Crippen molar-refractivity contribution in [2.75, 3.05) is 13.1 Å². The van der Waals surface area contributed by atoms with Crippen LogP contribution in [0.25, 0.3) is 0 Å². The maximum Gasteiger partial charge on any atom is 0.353 e. The number of piperidine rings is 1. The Labute approximate surface area is 144 Å². The lowest BCUT2D eigenvalue weighted by Crippen LogP contribution is -2.39. The van der Waals surface area contributed by atoms with E-state index in [-0.39, 0.29) is 17.3 Å². The first kappa shape index (κ1) is 16.5. The molecule has 0 saturated carbocycles. The van der Waals surface area contributed by atoms with Gasteiger partial charge in [-0.2, -0.15) is 5.10 Å². The second-order valence-corrected chi connectivity index (χ2v) is 6.41. The number of hydrogen-bond donors (Lipinski definition) is 2. The number of carbonyl (C=O) groups is 2. The van der Waals surface area contributed by atoms with E-state index >= 15 is 0 Å². The largest absolute Gasteiger partial charge is 0.477 e. The molecule has 0 aliphatic carbocycles. The van der Waals surface area contributed by atoms with Gasteiger partial charge in [0.05, 0.1) is 0 Å². The minimum absolute atomic E-state index is 0.0769. The van der Waals surface area contributed by atoms with Gasteiger partial charge in [-0.05, 0) is 36.8 Å². The first-order valence-electron chi connectivity index (χ1n) is 7.86. The molecule has 3 rings (SSSR count). The third kappa shape index (κ3) is 3.59. The molecule has 0 unspecified atom stereocenters. The van der Waals surface area contributed by atoms with Gasteiger partial charge in [0.25, 0.3) is 5.91 Å². The normalized spacial score (nSPS) is 15.5. The molecule has 6 nitrogen and oxygen atoms in total. The summed E-state index contributed by atoms with van der Waals surface area (Å²) in [5, 5.41) is 15.8. The summed E-state index contributed by atoms with van der Waals surface area (Å²) in [5.74, 6) is -0.863. The van der Waals surface area contributed by atoms with Gasteiger partial charge < -0.3 is 10.0 Å². The molecular weight excluding hydrogens is 330 g/mol. The zero-order chi connectivity index (χ0) is 17.1. The monoisotopic (exact) mass is 347 g/mol. The number of benzene rings is 1. The fraction of sp³-hybridized carbons (Fsp3) is 0.353. The van der Waals surface area contributed by atoms with Crippen molar-refractivity contribution in [1.82, 2.24) is 15.1 Å². The third-order valence-electron chi connectivity index (χ3n) is 4.40. The molecule has 1 aromatic heterocycles. The second-order valence-electron chi connectivity index (χ2n) is 6.00. The van der Waals surface area contributed by atoms with Gasteiger partial charge in [0.15, 0.2) is 5.69 Å². The average Bonchev–Trinajstić information content (AvgIpc) is 3.07. The Bertz CT molecular complexity index is 751. The Kier molecular flexibility index (Phi) is 4.85. The second kappa shape index (κ2) is 7.05. The number of carboxylic acid groups (broad SMARTS) is 1. The van der Waals surface area contributed by atoms with E-state index in [0.29, 0.717) is 19.0 Å². The van der Waals surface area contributed by atoms with E-state index in [9.17, 15) is 9.59 Å². The van der Waals surface area contributed by atoms with Gasteiger partial charge in [0.2, 0.25) is 0 Å². The van der Waals surface area contributed by atoms with Gasteiger partial charge in [-0.25, -0.2) is 4.79 Å². The molecule has 2 heterocycles. The standard InChI is InChI=1S/C17H18ClN3O3/c18-13-4-2-1-3-12(13)9-11-5-7-21(8-6-11)16(22)14-10-15(17(23)24)20-19-14/h1-4,10-11H,5-9H2,(H,19,20)(H,23,24). The number of likely N-dealkylation sites (tertiary alicyclic amines) is 1. The van der Waals surface area contributed by atoms with Gasteiger partial charge in [-0.1, -0.05) is 29.8 Å². The van der Waals surface area contributed by atoms with E-state index in [1.807, 2.05) is 24.3 Å². The molecule has 0 bridgehead atoms. The maximum atomic E-state index is 12.4. The summed E-state index contributed by atoms with van der Waals surface area (Å²) in [5.41, 5.74) is 1.21. The van der Waals surface area contributed by atoms with Crippen LogP contribution in [-0.4, -0.2) is 45.2 Å². The van der Waals surface area contributed by atoms with E-state index in [4.69, 9.17) is 16.7 Å². The number of aromatic carboxylic acids is 1. The zero-order valence-electron chi connectivity index (χ0n) is 13.0. The van der Waals surface area contributed by atoms with Crippen LogP contribution in [0.3, 0.4) is 0 Å². The van der Waals surface area contributed by atoms with Crippen LogP contribution in [0.5, 0.6) is 0 Å². The van der Waals surface area contributed by atoms with Crippen molar-refractivity contribution in [2.45, 2.75) is 19.3 Å². The predicted octanol–water partition coefficient (Wildman–Crippen LogP) is 2.86. The molecule has 1 fully saturated rings. The van der Waals surface area contributed by atoms with Crippen molar-refractivity contribution in [3.63, 3.8) is 0 Å². The van der Waals surface area contributed by atoms with E-state index in [1.165, 1.54) is 6.07 Å². The Hall–Kier alpha value is -2.34. The number of nitrogens with one attached hydrogen (secondary N) is 1. The molecule has 126 valence electrons. The van der Waals surface area contributed by atoms with Crippen LogP contribution < -0.4 is 0 Å². The molecule has 0 radical (unpaired) electrons. The molecule has 24 heavy (non-hydrogen) atoms. The molecule has 1 aliphatic heterocycles. The number of hydrogen-bond acceptors (Lipinski definition) is 3. The van der Waals surface area contributed by atoms with Gasteiger partial charge in [-0.15, -0.1) is 0 Å².